The zero-order valence-corrected chi connectivity index (χ0v) is 28.6. The van der Waals surface area contributed by atoms with Crippen molar-refractivity contribution in [3.63, 3.8) is 0 Å². The molecule has 2 fully saturated rings. The monoisotopic (exact) mass is 667 g/mol. The van der Waals surface area contributed by atoms with Crippen LogP contribution < -0.4 is 14.4 Å². The van der Waals surface area contributed by atoms with E-state index in [0.29, 0.717) is 23.9 Å². The molecule has 4 heterocycles. The van der Waals surface area contributed by atoms with Crippen LogP contribution in [0.25, 0.3) is 11.3 Å². The van der Waals surface area contributed by atoms with Crippen molar-refractivity contribution in [3.05, 3.63) is 83.4 Å². The summed E-state index contributed by atoms with van der Waals surface area (Å²) in [5, 5.41) is 0. The number of benzene rings is 2. The van der Waals surface area contributed by atoms with Crippen LogP contribution in [0, 0.1) is 25.2 Å². The van der Waals surface area contributed by atoms with Crippen LogP contribution in [-0.4, -0.2) is 64.9 Å². The highest BCUT2D eigenvalue weighted by Crippen LogP contribution is 2.36. The molecule has 1 aliphatic carbocycles. The zero-order valence-electron chi connectivity index (χ0n) is 27.8. The van der Waals surface area contributed by atoms with Gasteiger partial charge in [0, 0.05) is 30.3 Å². The third-order valence-electron chi connectivity index (χ3n) is 9.39. The van der Waals surface area contributed by atoms with E-state index in [1.165, 1.54) is 25.0 Å². The number of sulfonamides is 1. The summed E-state index contributed by atoms with van der Waals surface area (Å²) in [6.07, 6.45) is 7.64. The summed E-state index contributed by atoms with van der Waals surface area (Å²) in [5.41, 5.74) is 4.85. The second-order valence-corrected chi connectivity index (χ2v) is 15.8. The van der Waals surface area contributed by atoms with Gasteiger partial charge in [0.25, 0.3) is 15.9 Å². The molecule has 3 aliphatic rings. The van der Waals surface area contributed by atoms with Gasteiger partial charge in [-0.1, -0.05) is 51.0 Å². The van der Waals surface area contributed by atoms with Crippen molar-refractivity contribution in [1.29, 1.82) is 0 Å². The first-order valence-electron chi connectivity index (χ1n) is 16.5. The number of anilines is 2. The number of amides is 1. The molecular formula is C36H41N7O4S. The van der Waals surface area contributed by atoms with Gasteiger partial charge in [0.15, 0.2) is 0 Å². The van der Waals surface area contributed by atoms with Crippen molar-refractivity contribution in [3.8, 4) is 17.1 Å². The van der Waals surface area contributed by atoms with E-state index in [0.717, 1.165) is 41.9 Å². The molecule has 7 rings (SSSR count). The standard InChI is InChI=1S/C36H41N7O4S/c1-23-7-5-8-24(2)33(23)30-16-32-40-35(39-30)41-48(45,46)29-10-6-9-26(15-29)34(44)43(27(20-47-32)14-13-25-11-12-25)19-31-37-17-28(18-38-31)42-21-36(3,4)22-42/h5-10,15-18,25,27H,11-14,19-22H2,1-4H3,(H,39,40,41)/t27-/m1/s1. The molecule has 1 saturated heterocycles. The highest BCUT2D eigenvalue weighted by atomic mass is 32.2. The third kappa shape index (κ3) is 6.85. The lowest BCUT2D eigenvalue weighted by Crippen LogP contribution is -2.53. The number of carbonyl (C=O) groups excluding carboxylic acids is 1. The van der Waals surface area contributed by atoms with Gasteiger partial charge >= 0.3 is 0 Å². The Morgan fingerprint density at radius 3 is 2.35 bits per heavy atom. The van der Waals surface area contributed by atoms with Crippen molar-refractivity contribution in [2.45, 2.75) is 70.9 Å². The molecule has 0 radical (unpaired) electrons. The van der Waals surface area contributed by atoms with Crippen molar-refractivity contribution >= 4 is 27.6 Å². The molecule has 2 aromatic carbocycles. The Kier molecular flexibility index (Phi) is 8.31. The first-order valence-corrected chi connectivity index (χ1v) is 18.0. The summed E-state index contributed by atoms with van der Waals surface area (Å²) in [6, 6.07) is 13.4. The van der Waals surface area contributed by atoms with E-state index in [9.17, 15) is 13.2 Å². The maximum absolute atomic E-state index is 14.4. The highest BCUT2D eigenvalue weighted by Gasteiger charge is 2.35. The molecule has 4 bridgehead atoms. The van der Waals surface area contributed by atoms with Gasteiger partial charge in [0.05, 0.1) is 41.3 Å². The highest BCUT2D eigenvalue weighted by molar-refractivity contribution is 7.92. The lowest BCUT2D eigenvalue weighted by atomic mass is 9.84. The predicted molar refractivity (Wildman–Crippen MR) is 183 cm³/mol. The van der Waals surface area contributed by atoms with Crippen LogP contribution in [0.4, 0.5) is 11.6 Å². The number of nitrogens with one attached hydrogen (secondary N) is 1. The molecule has 0 unspecified atom stereocenters. The molecule has 48 heavy (non-hydrogen) atoms. The number of ether oxygens (including phenoxy) is 1. The molecule has 0 spiro atoms. The Morgan fingerprint density at radius 2 is 1.67 bits per heavy atom. The molecule has 1 N–H and O–H groups in total. The van der Waals surface area contributed by atoms with E-state index in [4.69, 9.17) is 4.74 Å². The summed E-state index contributed by atoms with van der Waals surface area (Å²) >= 11 is 0. The Balaban J connectivity index is 1.28. The Bertz CT molecular complexity index is 1930. The van der Waals surface area contributed by atoms with Gasteiger partial charge in [-0.2, -0.15) is 4.98 Å². The average molecular weight is 668 g/mol. The maximum atomic E-state index is 14.4. The number of nitrogens with zero attached hydrogens (tertiary/aromatic N) is 6. The van der Waals surface area contributed by atoms with Gasteiger partial charge in [-0.25, -0.2) is 28.1 Å². The molecule has 250 valence electrons. The minimum atomic E-state index is -4.15. The van der Waals surface area contributed by atoms with E-state index in [1.807, 2.05) is 44.4 Å². The zero-order chi connectivity index (χ0) is 33.6. The van der Waals surface area contributed by atoms with Gasteiger partial charge in [-0.15, -0.1) is 0 Å². The Hall–Kier alpha value is -4.58. The molecule has 12 heteroatoms. The molecule has 2 aromatic heterocycles. The van der Waals surface area contributed by atoms with Crippen LogP contribution in [0.2, 0.25) is 0 Å². The van der Waals surface area contributed by atoms with Gasteiger partial charge in [-0.05, 0) is 67.3 Å². The van der Waals surface area contributed by atoms with Crippen molar-refractivity contribution in [2.75, 3.05) is 29.3 Å². The number of hydrogen-bond donors (Lipinski definition) is 1. The Labute approximate surface area is 281 Å². The third-order valence-corrected chi connectivity index (χ3v) is 10.7. The molecule has 1 saturated carbocycles. The lowest BCUT2D eigenvalue weighted by molar-refractivity contribution is 0.0560. The summed E-state index contributed by atoms with van der Waals surface area (Å²) in [6.45, 7) is 10.6. The first-order chi connectivity index (χ1) is 22.9. The van der Waals surface area contributed by atoms with Crippen molar-refractivity contribution < 1.29 is 17.9 Å². The second-order valence-electron chi connectivity index (χ2n) is 14.1. The average Bonchev–Trinajstić information content (AvgIpc) is 3.87. The van der Waals surface area contributed by atoms with E-state index < -0.39 is 10.0 Å². The molecule has 2 aliphatic heterocycles. The fraction of sp³-hybridized carbons (Fsp3) is 0.417. The van der Waals surface area contributed by atoms with Gasteiger partial charge in [0.2, 0.25) is 11.8 Å². The summed E-state index contributed by atoms with van der Waals surface area (Å²) in [5.74, 6) is 0.920. The number of hydrogen-bond acceptors (Lipinski definition) is 9. The van der Waals surface area contributed by atoms with Crippen LogP contribution in [-0.2, 0) is 16.6 Å². The van der Waals surface area contributed by atoms with Crippen LogP contribution in [0.15, 0.2) is 65.8 Å². The van der Waals surface area contributed by atoms with Gasteiger partial charge in [0.1, 0.15) is 12.4 Å². The number of aromatic nitrogens is 4. The van der Waals surface area contributed by atoms with Gasteiger partial charge < -0.3 is 14.5 Å². The van der Waals surface area contributed by atoms with Gasteiger partial charge in [-0.3, -0.25) is 4.79 Å². The number of rotatable bonds is 7. The number of carbonyl (C=O) groups is 1. The summed E-state index contributed by atoms with van der Waals surface area (Å²) < 4.78 is 36.2. The fourth-order valence-corrected chi connectivity index (χ4v) is 7.65. The summed E-state index contributed by atoms with van der Waals surface area (Å²) in [7, 11) is -4.15. The van der Waals surface area contributed by atoms with Crippen molar-refractivity contribution in [1.82, 2.24) is 24.8 Å². The number of fused-ring (bicyclic) bond motifs is 4. The number of aryl methyl sites for hydroxylation is 2. The smallest absolute Gasteiger partial charge is 0.264 e. The Morgan fingerprint density at radius 1 is 0.958 bits per heavy atom. The molecule has 11 nitrogen and oxygen atoms in total. The van der Waals surface area contributed by atoms with E-state index >= 15 is 0 Å². The lowest BCUT2D eigenvalue weighted by Gasteiger charge is -2.47. The topological polar surface area (TPSA) is 131 Å². The van der Waals surface area contributed by atoms with E-state index in [1.54, 1.807) is 23.1 Å². The molecular weight excluding hydrogens is 627 g/mol. The SMILES string of the molecule is Cc1cccc(C)c1-c1cc2nc(n1)NS(=O)(=O)c1cccc(c1)C(=O)N(Cc1ncc(N3CC(C)(C)C3)cn1)[C@H](CCC1CC1)CO2. The van der Waals surface area contributed by atoms with Crippen LogP contribution >= 0.6 is 0 Å². The maximum Gasteiger partial charge on any atom is 0.264 e. The molecule has 1 atom stereocenters. The fourth-order valence-electron chi connectivity index (χ4n) is 6.66. The van der Waals surface area contributed by atoms with Crippen LogP contribution in [0.1, 0.15) is 66.8 Å². The molecule has 1 amide bonds. The first kappa shape index (κ1) is 32.0. The van der Waals surface area contributed by atoms with Crippen molar-refractivity contribution in [2.24, 2.45) is 11.3 Å². The second kappa shape index (κ2) is 12.5. The normalized spacial score (nSPS) is 20.0. The predicted octanol–water partition coefficient (Wildman–Crippen LogP) is 5.79. The van der Waals surface area contributed by atoms with E-state index in [-0.39, 0.29) is 52.8 Å². The quantitative estimate of drug-likeness (QED) is 0.260. The minimum absolute atomic E-state index is 0.0660. The largest absolute Gasteiger partial charge is 0.475 e. The van der Waals surface area contributed by atoms with E-state index in [2.05, 4.69) is 43.4 Å². The van der Waals surface area contributed by atoms with Crippen LogP contribution in [0.3, 0.4) is 0 Å². The van der Waals surface area contributed by atoms with Crippen LogP contribution in [0.5, 0.6) is 5.88 Å². The minimum Gasteiger partial charge on any atom is -0.475 e. The molecule has 4 aromatic rings. The summed E-state index contributed by atoms with van der Waals surface area (Å²) in [4.78, 5) is 36.7.